The van der Waals surface area contributed by atoms with Crippen LogP contribution in [0.1, 0.15) is 49.7 Å². The predicted molar refractivity (Wildman–Crippen MR) is 123 cm³/mol. The van der Waals surface area contributed by atoms with Crippen LogP contribution in [0.5, 0.6) is 5.75 Å². The number of amides is 3. The Bertz CT molecular complexity index is 1240. The van der Waals surface area contributed by atoms with Gasteiger partial charge in [-0.05, 0) is 55.3 Å². The third kappa shape index (κ3) is 4.29. The van der Waals surface area contributed by atoms with Crippen molar-refractivity contribution in [3.8, 4) is 5.75 Å². The average molecular weight is 460 g/mol. The minimum Gasteiger partial charge on any atom is -0.486 e. The first-order valence-electron chi connectivity index (χ1n) is 11.1. The van der Waals surface area contributed by atoms with Crippen LogP contribution in [0.2, 0.25) is 0 Å². The summed E-state index contributed by atoms with van der Waals surface area (Å²) >= 11 is 0. The summed E-state index contributed by atoms with van der Waals surface area (Å²) in [5, 5.41) is 2.81. The highest BCUT2D eigenvalue weighted by molar-refractivity contribution is 6.22. The fourth-order valence-corrected chi connectivity index (χ4v) is 4.11. The monoisotopic (exact) mass is 460 g/mol. The van der Waals surface area contributed by atoms with Crippen LogP contribution in [0.3, 0.4) is 0 Å². The van der Waals surface area contributed by atoms with Crippen LogP contribution < -0.4 is 10.1 Å². The summed E-state index contributed by atoms with van der Waals surface area (Å²) in [5.41, 5.74) is 1.44. The molecule has 1 fully saturated rings. The lowest BCUT2D eigenvalue weighted by molar-refractivity contribution is 0.0475. The predicted octanol–water partition coefficient (Wildman–Crippen LogP) is 3.03. The van der Waals surface area contributed by atoms with Crippen LogP contribution in [0.15, 0.2) is 54.9 Å². The summed E-state index contributed by atoms with van der Waals surface area (Å²) in [7, 11) is 1.90. The van der Waals surface area contributed by atoms with E-state index in [9.17, 15) is 14.4 Å². The van der Waals surface area contributed by atoms with Crippen molar-refractivity contribution < 1.29 is 23.9 Å². The van der Waals surface area contributed by atoms with Crippen molar-refractivity contribution >= 4 is 23.4 Å². The number of anilines is 1. The van der Waals surface area contributed by atoms with Gasteiger partial charge >= 0.3 is 0 Å². The summed E-state index contributed by atoms with van der Waals surface area (Å²) in [5.74, 6) is 0.343. The second kappa shape index (κ2) is 9.11. The first kappa shape index (κ1) is 21.8. The molecule has 2 aromatic carbocycles. The molecule has 9 nitrogen and oxygen atoms in total. The number of imide groups is 1. The maximum atomic E-state index is 12.8. The normalized spacial score (nSPS) is 17.2. The number of aromatic nitrogens is 2. The number of carbonyl (C=O) groups excluding carboxylic acids is 3. The largest absolute Gasteiger partial charge is 0.486 e. The van der Waals surface area contributed by atoms with Gasteiger partial charge in [-0.25, -0.2) is 4.98 Å². The van der Waals surface area contributed by atoms with E-state index in [2.05, 4.69) is 10.3 Å². The molecule has 1 N–H and O–H groups in total. The fourth-order valence-electron chi connectivity index (χ4n) is 4.11. The van der Waals surface area contributed by atoms with Crippen molar-refractivity contribution in [2.45, 2.75) is 25.6 Å². The number of nitrogens with one attached hydrogen (secondary N) is 1. The highest BCUT2D eigenvalue weighted by Crippen LogP contribution is 2.26. The molecule has 9 heteroatoms. The van der Waals surface area contributed by atoms with Gasteiger partial charge in [-0.3, -0.25) is 19.3 Å². The Kier molecular flexibility index (Phi) is 5.85. The molecular weight excluding hydrogens is 436 g/mol. The zero-order chi connectivity index (χ0) is 23.7. The van der Waals surface area contributed by atoms with Crippen molar-refractivity contribution in [3.05, 3.63) is 77.4 Å². The third-order valence-corrected chi connectivity index (χ3v) is 6.04. The number of aryl methyl sites for hydroxylation is 1. The Hall–Kier alpha value is -3.98. The minimum absolute atomic E-state index is 0.124. The van der Waals surface area contributed by atoms with Gasteiger partial charge < -0.3 is 19.4 Å². The summed E-state index contributed by atoms with van der Waals surface area (Å²) in [6, 6.07) is 11.5. The van der Waals surface area contributed by atoms with E-state index < -0.39 is 0 Å². The van der Waals surface area contributed by atoms with Crippen molar-refractivity contribution in [1.82, 2.24) is 14.5 Å². The van der Waals surface area contributed by atoms with Crippen molar-refractivity contribution in [1.29, 1.82) is 0 Å². The van der Waals surface area contributed by atoms with Crippen LogP contribution >= 0.6 is 0 Å². The zero-order valence-electron chi connectivity index (χ0n) is 18.7. The summed E-state index contributed by atoms with van der Waals surface area (Å²) < 4.78 is 13.2. The summed E-state index contributed by atoms with van der Waals surface area (Å²) in [4.78, 5) is 43.7. The molecule has 1 saturated heterocycles. The fraction of sp³-hybridized carbons (Fsp3) is 0.280. The number of benzene rings is 2. The molecule has 0 saturated carbocycles. The first-order valence-corrected chi connectivity index (χ1v) is 11.1. The molecule has 0 aliphatic carbocycles. The highest BCUT2D eigenvalue weighted by atomic mass is 16.5. The maximum Gasteiger partial charge on any atom is 0.261 e. The molecule has 3 amide bonds. The molecule has 1 aromatic heterocycles. The van der Waals surface area contributed by atoms with Crippen molar-refractivity contribution in [2.75, 3.05) is 18.5 Å². The zero-order valence-corrected chi connectivity index (χ0v) is 18.7. The highest BCUT2D eigenvalue weighted by Gasteiger charge is 2.37. The van der Waals surface area contributed by atoms with Gasteiger partial charge in [0.2, 0.25) is 0 Å². The molecule has 0 bridgehead atoms. The van der Waals surface area contributed by atoms with E-state index in [1.807, 2.05) is 17.8 Å². The van der Waals surface area contributed by atoms with Gasteiger partial charge in [-0.1, -0.05) is 0 Å². The van der Waals surface area contributed by atoms with E-state index in [0.29, 0.717) is 35.8 Å². The lowest BCUT2D eigenvalue weighted by Gasteiger charge is -2.17. The van der Waals surface area contributed by atoms with Crippen LogP contribution in [-0.2, 0) is 18.4 Å². The number of rotatable bonds is 7. The molecule has 0 radical (unpaired) electrons. The Morgan fingerprint density at radius 1 is 1.15 bits per heavy atom. The number of nitrogens with zero attached hydrogens (tertiary/aromatic N) is 3. The number of carbonyl (C=O) groups is 3. The van der Waals surface area contributed by atoms with Crippen molar-refractivity contribution in [2.24, 2.45) is 7.05 Å². The first-order chi connectivity index (χ1) is 16.5. The van der Waals surface area contributed by atoms with E-state index in [4.69, 9.17) is 9.47 Å². The van der Waals surface area contributed by atoms with E-state index in [1.165, 1.54) is 17.0 Å². The molecular formula is C25H24N4O5. The smallest absolute Gasteiger partial charge is 0.261 e. The quantitative estimate of drug-likeness (QED) is 0.544. The molecule has 34 heavy (non-hydrogen) atoms. The second-order valence-electron chi connectivity index (χ2n) is 8.34. The third-order valence-electron chi connectivity index (χ3n) is 6.04. The standard InChI is InChI=1S/C25H24N4O5/c1-28-11-10-26-22(28)15-34-18-7-5-17(6-8-18)27-23(30)16-4-9-20-21(13-16)25(32)29(24(20)31)14-19-3-2-12-33-19/h4-11,13,19H,2-3,12,14-15H2,1H3,(H,27,30). The lowest BCUT2D eigenvalue weighted by atomic mass is 10.1. The average Bonchev–Trinajstić information content (AvgIpc) is 3.56. The van der Waals surface area contributed by atoms with E-state index in [1.54, 1.807) is 36.5 Å². The van der Waals surface area contributed by atoms with E-state index >= 15 is 0 Å². The van der Waals surface area contributed by atoms with Gasteiger partial charge in [0.1, 0.15) is 18.2 Å². The van der Waals surface area contributed by atoms with Crippen LogP contribution in [0.4, 0.5) is 5.69 Å². The molecule has 2 aliphatic rings. The number of hydrogen-bond acceptors (Lipinski definition) is 6. The molecule has 1 unspecified atom stereocenters. The van der Waals surface area contributed by atoms with Gasteiger partial charge in [-0.2, -0.15) is 0 Å². The molecule has 3 aromatic rings. The van der Waals surface area contributed by atoms with Gasteiger partial charge in [0, 0.05) is 37.3 Å². The number of imidazole rings is 1. The Morgan fingerprint density at radius 2 is 1.94 bits per heavy atom. The van der Waals surface area contributed by atoms with Crippen molar-refractivity contribution in [3.63, 3.8) is 0 Å². The second-order valence-corrected chi connectivity index (χ2v) is 8.34. The maximum absolute atomic E-state index is 12.8. The van der Waals surface area contributed by atoms with Gasteiger partial charge in [-0.15, -0.1) is 0 Å². The lowest BCUT2D eigenvalue weighted by Crippen LogP contribution is -2.36. The molecule has 0 spiro atoms. The Labute approximate surface area is 196 Å². The Balaban J connectivity index is 1.23. The van der Waals surface area contributed by atoms with Crippen LogP contribution in [0, 0.1) is 0 Å². The molecule has 174 valence electrons. The SMILES string of the molecule is Cn1ccnc1COc1ccc(NC(=O)c2ccc3c(c2)C(=O)N(CC2CCCO2)C3=O)cc1. The molecule has 1 atom stereocenters. The molecule has 5 rings (SSSR count). The Morgan fingerprint density at radius 3 is 2.65 bits per heavy atom. The van der Waals surface area contributed by atoms with Crippen LogP contribution in [-0.4, -0.2) is 51.4 Å². The van der Waals surface area contributed by atoms with E-state index in [-0.39, 0.29) is 35.9 Å². The summed E-state index contributed by atoms with van der Waals surface area (Å²) in [6.07, 6.45) is 5.19. The van der Waals surface area contributed by atoms with Gasteiger partial charge in [0.25, 0.3) is 17.7 Å². The molecule has 2 aliphatic heterocycles. The topological polar surface area (TPSA) is 103 Å². The number of hydrogen-bond donors (Lipinski definition) is 1. The van der Waals surface area contributed by atoms with Gasteiger partial charge in [0.15, 0.2) is 0 Å². The van der Waals surface area contributed by atoms with Crippen LogP contribution in [0.25, 0.3) is 0 Å². The van der Waals surface area contributed by atoms with Gasteiger partial charge in [0.05, 0.1) is 23.8 Å². The number of fused-ring (bicyclic) bond motifs is 1. The molecule has 3 heterocycles. The summed E-state index contributed by atoms with van der Waals surface area (Å²) in [6.45, 7) is 1.22. The number of ether oxygens (including phenoxy) is 2. The van der Waals surface area contributed by atoms with E-state index in [0.717, 1.165) is 18.7 Å². The minimum atomic E-state index is -0.389.